The van der Waals surface area contributed by atoms with Gasteiger partial charge in [0.2, 0.25) is 0 Å². The van der Waals surface area contributed by atoms with Crippen LogP contribution < -0.4 is 15.4 Å². The van der Waals surface area contributed by atoms with Gasteiger partial charge in [0, 0.05) is 35.4 Å². The summed E-state index contributed by atoms with van der Waals surface area (Å²) in [6.07, 6.45) is 5.87. The Kier molecular flexibility index (Phi) is 6.17. The molecule has 2 heterocycles. The molecule has 1 atom stereocenters. The van der Waals surface area contributed by atoms with Crippen LogP contribution in [0.3, 0.4) is 0 Å². The molecule has 1 unspecified atom stereocenters. The summed E-state index contributed by atoms with van der Waals surface area (Å²) >= 11 is 0. The van der Waals surface area contributed by atoms with Crippen LogP contribution in [0.4, 0.5) is 5.69 Å². The molecule has 178 valence electrons. The molecule has 34 heavy (non-hydrogen) atoms. The van der Waals surface area contributed by atoms with E-state index in [4.69, 9.17) is 4.74 Å². The minimum atomic E-state index is -0.361. The lowest BCUT2D eigenvalue weighted by Crippen LogP contribution is -2.48. The van der Waals surface area contributed by atoms with Crippen LogP contribution in [0, 0.1) is 6.92 Å². The van der Waals surface area contributed by atoms with E-state index in [-0.39, 0.29) is 11.4 Å². The second-order valence-electron chi connectivity index (χ2n) is 9.77. The van der Waals surface area contributed by atoms with Crippen LogP contribution >= 0.6 is 0 Å². The molecule has 1 aromatic heterocycles. The zero-order valence-corrected chi connectivity index (χ0v) is 20.4. The number of carbonyl (C=O) groups excluding carboxylic acids is 1. The fourth-order valence-corrected chi connectivity index (χ4v) is 4.73. The van der Waals surface area contributed by atoms with Gasteiger partial charge in [0.05, 0.1) is 11.1 Å². The Hall–Kier alpha value is -3.12. The number of hydrogen-bond donors (Lipinski definition) is 2. The van der Waals surface area contributed by atoms with Gasteiger partial charge >= 0.3 is 0 Å². The van der Waals surface area contributed by atoms with Crippen molar-refractivity contribution in [2.24, 2.45) is 0 Å². The largest absolute Gasteiger partial charge is 0.492 e. The first-order valence-corrected chi connectivity index (χ1v) is 12.4. The van der Waals surface area contributed by atoms with Crippen LogP contribution in [0.15, 0.2) is 48.7 Å². The first-order chi connectivity index (χ1) is 16.5. The zero-order valence-electron chi connectivity index (χ0n) is 20.4. The number of likely N-dealkylation sites (N-methyl/N-ethyl adjacent to an activating group) is 1. The third-order valence-corrected chi connectivity index (χ3v) is 7.25. The third kappa shape index (κ3) is 4.47. The summed E-state index contributed by atoms with van der Waals surface area (Å²) in [4.78, 5) is 20.4. The zero-order chi connectivity index (χ0) is 23.7. The SMILES string of the molecule is CCCNc1cc(C2(NC(=O)c3cc(OCC4CCN4C)ccc3C)CC2)c2cccnc2c1. The normalized spacial score (nSPS) is 18.9. The lowest BCUT2D eigenvalue weighted by atomic mass is 9.97. The smallest absolute Gasteiger partial charge is 0.252 e. The summed E-state index contributed by atoms with van der Waals surface area (Å²) in [6.45, 7) is 6.81. The van der Waals surface area contributed by atoms with Gasteiger partial charge in [0.25, 0.3) is 5.91 Å². The molecule has 1 saturated heterocycles. The van der Waals surface area contributed by atoms with Crippen molar-refractivity contribution in [3.63, 3.8) is 0 Å². The number of aromatic nitrogens is 1. The number of benzene rings is 2. The minimum absolute atomic E-state index is 0.0508. The molecule has 2 aliphatic rings. The van der Waals surface area contributed by atoms with Gasteiger partial charge in [-0.2, -0.15) is 0 Å². The van der Waals surface area contributed by atoms with Gasteiger partial charge in [-0.1, -0.05) is 19.1 Å². The number of aryl methyl sites for hydroxylation is 1. The molecule has 3 aromatic rings. The molecule has 0 bridgehead atoms. The van der Waals surface area contributed by atoms with Crippen LogP contribution in [0.25, 0.3) is 10.9 Å². The van der Waals surface area contributed by atoms with Crippen molar-refractivity contribution in [1.29, 1.82) is 0 Å². The molecular weight excluding hydrogens is 424 g/mol. The summed E-state index contributed by atoms with van der Waals surface area (Å²) in [5, 5.41) is 7.97. The molecule has 6 heteroatoms. The molecule has 0 spiro atoms. The number of nitrogens with zero attached hydrogens (tertiary/aromatic N) is 2. The van der Waals surface area contributed by atoms with Gasteiger partial charge in [0.15, 0.2) is 0 Å². The van der Waals surface area contributed by atoms with Crippen molar-refractivity contribution in [2.75, 3.05) is 32.1 Å². The fourth-order valence-electron chi connectivity index (χ4n) is 4.73. The highest BCUT2D eigenvalue weighted by atomic mass is 16.5. The van der Waals surface area contributed by atoms with Crippen molar-refractivity contribution in [3.8, 4) is 5.75 Å². The van der Waals surface area contributed by atoms with Crippen LogP contribution in [-0.2, 0) is 5.54 Å². The van der Waals surface area contributed by atoms with E-state index < -0.39 is 0 Å². The Morgan fingerprint density at radius 2 is 2.09 bits per heavy atom. The number of likely N-dealkylation sites (tertiary alicyclic amines) is 1. The number of nitrogens with one attached hydrogen (secondary N) is 2. The predicted octanol–water partition coefficient (Wildman–Crippen LogP) is 4.87. The van der Waals surface area contributed by atoms with E-state index >= 15 is 0 Å². The molecule has 1 aliphatic carbocycles. The molecule has 2 N–H and O–H groups in total. The quantitative estimate of drug-likeness (QED) is 0.479. The number of pyridine rings is 1. The monoisotopic (exact) mass is 458 g/mol. The number of fused-ring (bicyclic) bond motifs is 1. The van der Waals surface area contributed by atoms with Gasteiger partial charge in [-0.25, -0.2) is 0 Å². The van der Waals surface area contributed by atoms with E-state index in [2.05, 4.69) is 52.7 Å². The molecule has 2 aromatic carbocycles. The standard InChI is InChI=1S/C28H34N4O2/c1-4-12-29-20-15-25(23-6-5-13-30-26(23)16-20)28(10-11-28)31-27(33)24-17-22(8-7-19(24)2)34-18-21-9-14-32(21)3/h5-8,13,15-17,21,29H,4,9-12,14,18H2,1-3H3,(H,31,33). The maximum Gasteiger partial charge on any atom is 0.252 e. The van der Waals surface area contributed by atoms with Crippen molar-refractivity contribution in [2.45, 2.75) is 51.1 Å². The van der Waals surface area contributed by atoms with Crippen molar-refractivity contribution < 1.29 is 9.53 Å². The summed E-state index contributed by atoms with van der Waals surface area (Å²) < 4.78 is 6.03. The van der Waals surface area contributed by atoms with Gasteiger partial charge in [-0.05, 0) is 87.7 Å². The van der Waals surface area contributed by atoms with Crippen LogP contribution in [0.2, 0.25) is 0 Å². The Balaban J connectivity index is 1.39. The van der Waals surface area contributed by atoms with Crippen molar-refractivity contribution in [1.82, 2.24) is 15.2 Å². The van der Waals surface area contributed by atoms with Crippen LogP contribution in [-0.4, -0.2) is 48.6 Å². The highest BCUT2D eigenvalue weighted by molar-refractivity contribution is 5.97. The van der Waals surface area contributed by atoms with Gasteiger partial charge in [-0.15, -0.1) is 0 Å². The highest BCUT2D eigenvalue weighted by Gasteiger charge is 2.47. The molecule has 1 aliphatic heterocycles. The number of rotatable bonds is 9. The first-order valence-electron chi connectivity index (χ1n) is 12.4. The van der Waals surface area contributed by atoms with E-state index in [0.717, 1.165) is 72.2 Å². The van der Waals surface area contributed by atoms with Gasteiger partial charge < -0.3 is 15.4 Å². The Morgan fingerprint density at radius 1 is 1.24 bits per heavy atom. The van der Waals surface area contributed by atoms with E-state index in [9.17, 15) is 4.79 Å². The maximum absolute atomic E-state index is 13.5. The Bertz CT molecular complexity index is 1200. The van der Waals surface area contributed by atoms with Crippen LogP contribution in [0.5, 0.6) is 5.75 Å². The number of amides is 1. The second-order valence-corrected chi connectivity index (χ2v) is 9.77. The average molecular weight is 459 g/mol. The third-order valence-electron chi connectivity index (χ3n) is 7.25. The fraction of sp³-hybridized carbons (Fsp3) is 0.429. The lowest BCUT2D eigenvalue weighted by molar-refractivity contribution is 0.0767. The minimum Gasteiger partial charge on any atom is -0.492 e. The first kappa shape index (κ1) is 22.7. The second kappa shape index (κ2) is 9.26. The summed E-state index contributed by atoms with van der Waals surface area (Å²) in [5.41, 5.74) is 4.41. The highest BCUT2D eigenvalue weighted by Crippen LogP contribution is 2.49. The van der Waals surface area contributed by atoms with Crippen molar-refractivity contribution >= 4 is 22.5 Å². The number of ether oxygens (including phenoxy) is 1. The predicted molar refractivity (Wildman–Crippen MR) is 137 cm³/mol. The lowest BCUT2D eigenvalue weighted by Gasteiger charge is -2.37. The molecule has 6 nitrogen and oxygen atoms in total. The Labute approximate surface area is 201 Å². The van der Waals surface area contributed by atoms with E-state index in [1.807, 2.05) is 37.4 Å². The van der Waals surface area contributed by atoms with Gasteiger partial charge in [-0.3, -0.25) is 14.7 Å². The maximum atomic E-state index is 13.5. The van der Waals surface area contributed by atoms with E-state index in [1.165, 1.54) is 0 Å². The average Bonchev–Trinajstić information content (AvgIpc) is 3.62. The molecular formula is C28H34N4O2. The Morgan fingerprint density at radius 3 is 2.79 bits per heavy atom. The molecule has 1 saturated carbocycles. The topological polar surface area (TPSA) is 66.5 Å². The molecule has 0 radical (unpaired) electrons. The summed E-state index contributed by atoms with van der Waals surface area (Å²) in [6, 6.07) is 14.6. The molecule has 1 amide bonds. The number of anilines is 1. The van der Waals surface area contributed by atoms with E-state index in [0.29, 0.717) is 18.2 Å². The number of carbonyl (C=O) groups is 1. The molecule has 2 fully saturated rings. The molecule has 5 rings (SSSR count). The van der Waals surface area contributed by atoms with E-state index in [1.54, 1.807) is 0 Å². The summed E-state index contributed by atoms with van der Waals surface area (Å²) in [7, 11) is 2.12. The van der Waals surface area contributed by atoms with Crippen LogP contribution in [0.1, 0.15) is 54.1 Å². The van der Waals surface area contributed by atoms with Gasteiger partial charge in [0.1, 0.15) is 12.4 Å². The number of hydrogen-bond acceptors (Lipinski definition) is 5. The summed E-state index contributed by atoms with van der Waals surface area (Å²) in [5.74, 6) is 0.700. The van der Waals surface area contributed by atoms with Crippen molar-refractivity contribution in [3.05, 3.63) is 65.4 Å².